The maximum Gasteiger partial charge on any atom is 0.0320 e. The number of rotatable bonds is 2. The predicted octanol–water partition coefficient (Wildman–Crippen LogP) is 3.03. The van der Waals surface area contributed by atoms with Gasteiger partial charge in [0.25, 0.3) is 0 Å². The molecule has 2 nitrogen and oxygen atoms in total. The van der Waals surface area contributed by atoms with Gasteiger partial charge in [-0.15, -0.1) is 0 Å². The van der Waals surface area contributed by atoms with Crippen LogP contribution in [0.25, 0.3) is 0 Å². The van der Waals surface area contributed by atoms with Gasteiger partial charge in [-0.1, -0.05) is 36.2 Å². The molecule has 1 heterocycles. The fourth-order valence-electron chi connectivity index (χ4n) is 2.94. The zero-order chi connectivity index (χ0) is 13.3. The quantitative estimate of drug-likeness (QED) is 0.869. The van der Waals surface area contributed by atoms with E-state index < -0.39 is 0 Å². The molecule has 1 aromatic carbocycles. The Bertz CT molecular complexity index is 393. The van der Waals surface area contributed by atoms with Crippen molar-refractivity contribution in [3.05, 3.63) is 34.9 Å². The molecule has 1 aliphatic rings. The van der Waals surface area contributed by atoms with Gasteiger partial charge >= 0.3 is 0 Å². The number of nitrogens with zero attached hydrogens (tertiary/aromatic N) is 1. The van der Waals surface area contributed by atoms with E-state index in [0.717, 1.165) is 6.54 Å². The van der Waals surface area contributed by atoms with Crippen LogP contribution >= 0.6 is 0 Å². The van der Waals surface area contributed by atoms with Gasteiger partial charge in [-0.2, -0.15) is 0 Å². The molecule has 3 atom stereocenters. The van der Waals surface area contributed by atoms with Crippen molar-refractivity contribution in [1.29, 1.82) is 0 Å². The topological polar surface area (TPSA) is 29.3 Å². The number of likely N-dealkylation sites (tertiary alicyclic amines) is 1. The predicted molar refractivity (Wildman–Crippen MR) is 77.7 cm³/mol. The number of benzene rings is 1. The smallest absolute Gasteiger partial charge is 0.0320 e. The second-order valence-corrected chi connectivity index (χ2v) is 6.02. The Hall–Kier alpha value is -0.860. The first kappa shape index (κ1) is 13.6. The van der Waals surface area contributed by atoms with E-state index in [1.807, 2.05) is 0 Å². The first-order valence-electron chi connectivity index (χ1n) is 7.05. The van der Waals surface area contributed by atoms with Crippen LogP contribution in [-0.2, 0) is 0 Å². The van der Waals surface area contributed by atoms with Crippen LogP contribution in [0.15, 0.2) is 18.2 Å². The molecule has 0 bridgehead atoms. The molecule has 2 heteroatoms. The fourth-order valence-corrected chi connectivity index (χ4v) is 2.94. The minimum Gasteiger partial charge on any atom is -0.326 e. The molecule has 100 valence electrons. The molecule has 18 heavy (non-hydrogen) atoms. The summed E-state index contributed by atoms with van der Waals surface area (Å²) in [4.78, 5) is 2.53. The van der Waals surface area contributed by atoms with Crippen LogP contribution < -0.4 is 5.73 Å². The Balaban J connectivity index is 2.13. The van der Waals surface area contributed by atoms with E-state index in [4.69, 9.17) is 5.73 Å². The minimum absolute atomic E-state index is 0.326. The van der Waals surface area contributed by atoms with Gasteiger partial charge in [-0.3, -0.25) is 4.90 Å². The van der Waals surface area contributed by atoms with Gasteiger partial charge in [0.2, 0.25) is 0 Å². The van der Waals surface area contributed by atoms with Crippen molar-refractivity contribution in [3.8, 4) is 0 Å². The highest BCUT2D eigenvalue weighted by Gasteiger charge is 2.26. The standard InChI is InChI=1S/C16H26N2/c1-11-7-12(2)9-15(8-11)14(4)18-6-5-13(3)16(17)10-18/h7-9,13-14,16H,5-6,10,17H2,1-4H3. The summed E-state index contributed by atoms with van der Waals surface area (Å²) in [5, 5.41) is 0. The molecular formula is C16H26N2. The maximum atomic E-state index is 6.20. The Morgan fingerprint density at radius 1 is 1.22 bits per heavy atom. The van der Waals surface area contributed by atoms with E-state index in [9.17, 15) is 0 Å². The molecule has 0 radical (unpaired) electrons. The van der Waals surface area contributed by atoms with Crippen molar-refractivity contribution in [3.63, 3.8) is 0 Å². The third kappa shape index (κ3) is 2.93. The average molecular weight is 246 g/mol. The highest BCUT2D eigenvalue weighted by molar-refractivity contribution is 5.30. The van der Waals surface area contributed by atoms with Crippen LogP contribution in [0.2, 0.25) is 0 Å². The SMILES string of the molecule is Cc1cc(C)cc(C(C)N2CCC(C)C(N)C2)c1. The molecule has 2 N–H and O–H groups in total. The molecule has 1 aromatic rings. The third-order valence-corrected chi connectivity index (χ3v) is 4.32. The number of hydrogen-bond acceptors (Lipinski definition) is 2. The van der Waals surface area contributed by atoms with Crippen LogP contribution in [0.4, 0.5) is 0 Å². The van der Waals surface area contributed by atoms with E-state index in [1.54, 1.807) is 0 Å². The van der Waals surface area contributed by atoms with Gasteiger partial charge in [0.15, 0.2) is 0 Å². The van der Waals surface area contributed by atoms with Crippen molar-refractivity contribution >= 4 is 0 Å². The fraction of sp³-hybridized carbons (Fsp3) is 0.625. The first-order chi connectivity index (χ1) is 8.47. The van der Waals surface area contributed by atoms with Crippen molar-refractivity contribution in [2.45, 2.75) is 46.2 Å². The second kappa shape index (κ2) is 5.41. The molecule has 0 spiro atoms. The van der Waals surface area contributed by atoms with Crippen LogP contribution in [0.5, 0.6) is 0 Å². The zero-order valence-electron chi connectivity index (χ0n) is 12.1. The van der Waals surface area contributed by atoms with Crippen LogP contribution in [0, 0.1) is 19.8 Å². The average Bonchev–Trinajstić information content (AvgIpc) is 2.30. The highest BCUT2D eigenvalue weighted by atomic mass is 15.2. The Morgan fingerprint density at radius 2 is 1.83 bits per heavy atom. The summed E-state index contributed by atoms with van der Waals surface area (Å²) in [6, 6.07) is 7.65. The van der Waals surface area contributed by atoms with E-state index in [-0.39, 0.29) is 0 Å². The number of nitrogens with two attached hydrogens (primary N) is 1. The molecule has 1 aliphatic heterocycles. The summed E-state index contributed by atoms with van der Waals surface area (Å²) >= 11 is 0. The minimum atomic E-state index is 0.326. The van der Waals surface area contributed by atoms with E-state index in [0.29, 0.717) is 18.0 Å². The molecular weight excluding hydrogens is 220 g/mol. The van der Waals surface area contributed by atoms with Crippen molar-refractivity contribution < 1.29 is 0 Å². The van der Waals surface area contributed by atoms with Gasteiger partial charge in [-0.05, 0) is 45.2 Å². The van der Waals surface area contributed by atoms with Crippen LogP contribution in [0.3, 0.4) is 0 Å². The number of hydrogen-bond donors (Lipinski definition) is 1. The summed E-state index contributed by atoms with van der Waals surface area (Å²) in [5.41, 5.74) is 10.3. The lowest BCUT2D eigenvalue weighted by Gasteiger charge is -2.39. The van der Waals surface area contributed by atoms with Gasteiger partial charge in [0.05, 0.1) is 0 Å². The lowest BCUT2D eigenvalue weighted by Crippen LogP contribution is -2.48. The van der Waals surface area contributed by atoms with Gasteiger partial charge < -0.3 is 5.73 Å². The van der Waals surface area contributed by atoms with Gasteiger partial charge in [-0.25, -0.2) is 0 Å². The van der Waals surface area contributed by atoms with E-state index >= 15 is 0 Å². The van der Waals surface area contributed by atoms with Crippen molar-refractivity contribution in [2.24, 2.45) is 11.7 Å². The number of piperidine rings is 1. The molecule has 1 fully saturated rings. The number of aryl methyl sites for hydroxylation is 2. The summed E-state index contributed by atoms with van der Waals surface area (Å²) in [7, 11) is 0. The molecule has 0 amide bonds. The van der Waals surface area contributed by atoms with Crippen LogP contribution in [0.1, 0.15) is 43.0 Å². The highest BCUT2D eigenvalue weighted by Crippen LogP contribution is 2.27. The van der Waals surface area contributed by atoms with Crippen molar-refractivity contribution in [2.75, 3.05) is 13.1 Å². The molecule has 0 aliphatic carbocycles. The summed E-state index contributed by atoms with van der Waals surface area (Å²) in [6.45, 7) is 11.1. The summed E-state index contributed by atoms with van der Waals surface area (Å²) < 4.78 is 0. The second-order valence-electron chi connectivity index (χ2n) is 6.02. The van der Waals surface area contributed by atoms with Crippen molar-refractivity contribution in [1.82, 2.24) is 4.90 Å². The Morgan fingerprint density at radius 3 is 2.39 bits per heavy atom. The van der Waals surface area contributed by atoms with Gasteiger partial charge in [0.1, 0.15) is 0 Å². The first-order valence-corrected chi connectivity index (χ1v) is 7.05. The normalized spacial score (nSPS) is 27.2. The van der Waals surface area contributed by atoms with E-state index in [1.165, 1.54) is 29.7 Å². The molecule has 0 aromatic heterocycles. The van der Waals surface area contributed by atoms with Gasteiger partial charge in [0, 0.05) is 18.6 Å². The zero-order valence-corrected chi connectivity index (χ0v) is 12.1. The lowest BCUT2D eigenvalue weighted by molar-refractivity contribution is 0.128. The molecule has 2 rings (SSSR count). The Labute approximate surface area is 111 Å². The summed E-state index contributed by atoms with van der Waals surface area (Å²) in [5.74, 6) is 0.660. The Kier molecular flexibility index (Phi) is 4.08. The molecule has 0 saturated carbocycles. The van der Waals surface area contributed by atoms with E-state index in [2.05, 4.69) is 50.8 Å². The largest absolute Gasteiger partial charge is 0.326 e. The maximum absolute atomic E-state index is 6.20. The molecule has 1 saturated heterocycles. The molecule has 3 unspecified atom stereocenters. The van der Waals surface area contributed by atoms with Crippen LogP contribution in [-0.4, -0.2) is 24.0 Å². The third-order valence-electron chi connectivity index (χ3n) is 4.32. The summed E-state index contributed by atoms with van der Waals surface area (Å²) in [6.07, 6.45) is 1.22. The monoisotopic (exact) mass is 246 g/mol. The lowest BCUT2D eigenvalue weighted by atomic mass is 9.92.